The van der Waals surface area contributed by atoms with E-state index in [4.69, 9.17) is 10.4 Å². The van der Waals surface area contributed by atoms with Crippen LogP contribution >= 0.6 is 0 Å². The predicted molar refractivity (Wildman–Crippen MR) is 59.7 cm³/mol. The van der Waals surface area contributed by atoms with Crippen molar-refractivity contribution in [2.45, 2.75) is 13.5 Å². The van der Waals surface area contributed by atoms with E-state index in [0.29, 0.717) is 18.7 Å². The van der Waals surface area contributed by atoms with Crippen LogP contribution in [0, 0.1) is 11.3 Å². The highest BCUT2D eigenvalue weighted by Gasteiger charge is 2.08. The van der Waals surface area contributed by atoms with Gasteiger partial charge in [0.25, 0.3) is 0 Å². The summed E-state index contributed by atoms with van der Waals surface area (Å²) in [4.78, 5) is 12.4. The van der Waals surface area contributed by atoms with E-state index in [1.807, 2.05) is 19.1 Å². The van der Waals surface area contributed by atoms with Crippen molar-refractivity contribution in [2.24, 2.45) is 0 Å². The fraction of sp³-hybridized carbons (Fsp3) is 0.333. The van der Waals surface area contributed by atoms with Gasteiger partial charge in [-0.05, 0) is 24.2 Å². The molecule has 0 unspecified atom stereocenters. The first-order valence-corrected chi connectivity index (χ1v) is 5.09. The van der Waals surface area contributed by atoms with Crippen molar-refractivity contribution in [3.05, 3.63) is 35.4 Å². The van der Waals surface area contributed by atoms with Gasteiger partial charge in [0.1, 0.15) is 0 Å². The molecule has 0 heterocycles. The minimum absolute atomic E-state index is 0.0211. The molecular weight excluding hydrogens is 204 g/mol. The predicted octanol–water partition coefficient (Wildman–Crippen LogP) is 1.46. The number of carboxylic acid groups (broad SMARTS) is 1. The summed E-state index contributed by atoms with van der Waals surface area (Å²) < 4.78 is 0. The Hall–Kier alpha value is -1.86. The van der Waals surface area contributed by atoms with E-state index >= 15 is 0 Å². The maximum absolute atomic E-state index is 10.6. The van der Waals surface area contributed by atoms with E-state index in [1.165, 1.54) is 0 Å². The molecule has 0 radical (unpaired) electrons. The van der Waals surface area contributed by atoms with E-state index in [0.717, 1.165) is 5.56 Å². The highest BCUT2D eigenvalue weighted by Crippen LogP contribution is 2.07. The quantitative estimate of drug-likeness (QED) is 0.812. The molecule has 84 valence electrons. The zero-order chi connectivity index (χ0) is 12.0. The van der Waals surface area contributed by atoms with Crippen molar-refractivity contribution in [1.29, 1.82) is 5.26 Å². The molecule has 0 saturated carbocycles. The molecule has 1 rings (SSSR count). The molecule has 4 heteroatoms. The van der Waals surface area contributed by atoms with Crippen LogP contribution in [-0.2, 0) is 11.3 Å². The van der Waals surface area contributed by atoms with Gasteiger partial charge in [-0.25, -0.2) is 0 Å². The highest BCUT2D eigenvalue weighted by atomic mass is 16.4. The Morgan fingerprint density at radius 3 is 2.88 bits per heavy atom. The molecule has 0 bridgehead atoms. The van der Waals surface area contributed by atoms with Crippen LogP contribution in [0.1, 0.15) is 18.1 Å². The molecule has 1 aromatic rings. The molecule has 0 aliphatic rings. The first-order valence-electron chi connectivity index (χ1n) is 5.09. The number of hydrogen-bond acceptors (Lipinski definition) is 3. The van der Waals surface area contributed by atoms with Crippen molar-refractivity contribution in [3.8, 4) is 6.07 Å². The number of nitriles is 1. The molecule has 0 amide bonds. The van der Waals surface area contributed by atoms with Gasteiger partial charge in [0.05, 0.1) is 18.2 Å². The van der Waals surface area contributed by atoms with Crippen LogP contribution in [0.25, 0.3) is 0 Å². The van der Waals surface area contributed by atoms with Gasteiger partial charge < -0.3 is 5.11 Å². The summed E-state index contributed by atoms with van der Waals surface area (Å²) >= 11 is 0. The lowest BCUT2D eigenvalue weighted by Crippen LogP contribution is -2.29. The maximum atomic E-state index is 10.6. The SMILES string of the molecule is CCN(CC(=O)O)Cc1cccc(C#N)c1. The van der Waals surface area contributed by atoms with Crippen LogP contribution < -0.4 is 0 Å². The molecule has 0 aliphatic heterocycles. The Balaban J connectivity index is 2.70. The lowest BCUT2D eigenvalue weighted by atomic mass is 10.1. The Bertz CT molecular complexity index is 410. The highest BCUT2D eigenvalue weighted by molar-refractivity contribution is 5.69. The van der Waals surface area contributed by atoms with Crippen LogP contribution in [0.5, 0.6) is 0 Å². The third-order valence-corrected chi connectivity index (χ3v) is 2.27. The van der Waals surface area contributed by atoms with Crippen molar-refractivity contribution in [1.82, 2.24) is 4.90 Å². The van der Waals surface area contributed by atoms with Crippen molar-refractivity contribution >= 4 is 5.97 Å². The Kier molecular flexibility index (Phi) is 4.49. The van der Waals surface area contributed by atoms with Crippen molar-refractivity contribution in [3.63, 3.8) is 0 Å². The average molecular weight is 218 g/mol. The fourth-order valence-corrected chi connectivity index (χ4v) is 1.47. The molecule has 0 aliphatic carbocycles. The third-order valence-electron chi connectivity index (χ3n) is 2.27. The van der Waals surface area contributed by atoms with Gasteiger partial charge in [0.2, 0.25) is 0 Å². The smallest absolute Gasteiger partial charge is 0.317 e. The summed E-state index contributed by atoms with van der Waals surface area (Å²) in [6.45, 7) is 3.16. The fourth-order valence-electron chi connectivity index (χ4n) is 1.47. The molecule has 1 N–H and O–H groups in total. The Morgan fingerprint density at radius 1 is 1.56 bits per heavy atom. The Morgan fingerprint density at radius 2 is 2.31 bits per heavy atom. The van der Waals surface area contributed by atoms with Gasteiger partial charge in [-0.15, -0.1) is 0 Å². The number of aliphatic carboxylic acids is 1. The van der Waals surface area contributed by atoms with Gasteiger partial charge >= 0.3 is 5.97 Å². The summed E-state index contributed by atoms with van der Waals surface area (Å²) in [6, 6.07) is 9.28. The zero-order valence-corrected chi connectivity index (χ0v) is 9.18. The van der Waals surface area contributed by atoms with Gasteiger partial charge in [-0.1, -0.05) is 19.1 Å². The maximum Gasteiger partial charge on any atom is 0.317 e. The second-order valence-electron chi connectivity index (χ2n) is 3.51. The normalized spacial score (nSPS) is 10.1. The molecule has 4 nitrogen and oxygen atoms in total. The number of likely N-dealkylation sites (N-methyl/N-ethyl adjacent to an activating group) is 1. The topological polar surface area (TPSA) is 64.3 Å². The summed E-state index contributed by atoms with van der Waals surface area (Å²) in [5.74, 6) is -0.835. The molecule has 0 saturated heterocycles. The molecular formula is C12H14N2O2. The molecule has 0 fully saturated rings. The summed E-state index contributed by atoms with van der Waals surface area (Å²) in [7, 11) is 0. The van der Waals surface area contributed by atoms with Crippen molar-refractivity contribution < 1.29 is 9.90 Å². The number of benzene rings is 1. The number of carboxylic acids is 1. The van der Waals surface area contributed by atoms with Crippen LogP contribution in [-0.4, -0.2) is 29.1 Å². The summed E-state index contributed by atoms with van der Waals surface area (Å²) in [5, 5.41) is 17.4. The number of nitrogens with zero attached hydrogens (tertiary/aromatic N) is 2. The monoisotopic (exact) mass is 218 g/mol. The lowest BCUT2D eigenvalue weighted by Gasteiger charge is -2.17. The second kappa shape index (κ2) is 5.89. The molecule has 0 spiro atoms. The molecule has 0 aromatic heterocycles. The number of hydrogen-bond donors (Lipinski definition) is 1. The largest absolute Gasteiger partial charge is 0.480 e. The van der Waals surface area contributed by atoms with Crippen LogP contribution in [0.4, 0.5) is 0 Å². The minimum atomic E-state index is -0.835. The number of rotatable bonds is 5. The first kappa shape index (κ1) is 12.2. The Labute approximate surface area is 94.7 Å². The molecule has 1 aromatic carbocycles. The van der Waals surface area contributed by atoms with Crippen LogP contribution in [0.2, 0.25) is 0 Å². The van der Waals surface area contributed by atoms with Gasteiger partial charge in [-0.2, -0.15) is 5.26 Å². The van der Waals surface area contributed by atoms with E-state index in [9.17, 15) is 4.79 Å². The molecule has 16 heavy (non-hydrogen) atoms. The third kappa shape index (κ3) is 3.71. The summed E-state index contributed by atoms with van der Waals surface area (Å²) in [5.41, 5.74) is 1.56. The van der Waals surface area contributed by atoms with Crippen LogP contribution in [0.15, 0.2) is 24.3 Å². The average Bonchev–Trinajstić information content (AvgIpc) is 2.28. The van der Waals surface area contributed by atoms with Crippen LogP contribution in [0.3, 0.4) is 0 Å². The minimum Gasteiger partial charge on any atom is -0.480 e. The standard InChI is InChI=1S/C12H14N2O2/c1-2-14(9-12(15)16)8-11-5-3-4-10(6-11)7-13/h3-6H,2,8-9H2,1H3,(H,15,16). The van der Waals surface area contributed by atoms with Gasteiger partial charge in [0, 0.05) is 6.54 Å². The molecule has 0 atom stereocenters. The second-order valence-corrected chi connectivity index (χ2v) is 3.51. The van der Waals surface area contributed by atoms with Gasteiger partial charge in [-0.3, -0.25) is 9.69 Å². The van der Waals surface area contributed by atoms with Crippen molar-refractivity contribution in [2.75, 3.05) is 13.1 Å². The first-order chi connectivity index (χ1) is 7.65. The lowest BCUT2D eigenvalue weighted by molar-refractivity contribution is -0.138. The van der Waals surface area contributed by atoms with E-state index in [-0.39, 0.29) is 6.54 Å². The van der Waals surface area contributed by atoms with Gasteiger partial charge in [0.15, 0.2) is 0 Å². The summed E-state index contributed by atoms with van der Waals surface area (Å²) in [6.07, 6.45) is 0. The van der Waals surface area contributed by atoms with E-state index in [2.05, 4.69) is 6.07 Å². The zero-order valence-electron chi connectivity index (χ0n) is 9.18. The van der Waals surface area contributed by atoms with E-state index < -0.39 is 5.97 Å². The van der Waals surface area contributed by atoms with E-state index in [1.54, 1.807) is 17.0 Å². The number of carbonyl (C=O) groups is 1.